The molecule has 0 aliphatic carbocycles. The molecule has 0 atom stereocenters. The van der Waals surface area contributed by atoms with Gasteiger partial charge in [0.15, 0.2) is 5.58 Å². The van der Waals surface area contributed by atoms with Crippen molar-refractivity contribution in [1.29, 1.82) is 0 Å². The van der Waals surface area contributed by atoms with Crippen LogP contribution in [-0.4, -0.2) is 15.1 Å². The molecular formula is C17H7Cl2N3O5. The Hall–Kier alpha value is -3.23. The van der Waals surface area contributed by atoms with Crippen molar-refractivity contribution in [3.05, 3.63) is 73.0 Å². The molecule has 0 amide bonds. The predicted octanol–water partition coefficient (Wildman–Crippen LogP) is 4.73. The van der Waals surface area contributed by atoms with Gasteiger partial charge in [-0.1, -0.05) is 23.2 Å². The first-order valence-corrected chi connectivity index (χ1v) is 8.19. The van der Waals surface area contributed by atoms with E-state index in [1.807, 2.05) is 0 Å². The number of hydrogen-bond acceptors (Lipinski definition) is 7. The summed E-state index contributed by atoms with van der Waals surface area (Å²) in [6.07, 6.45) is 0. The molecule has 0 spiro atoms. The lowest BCUT2D eigenvalue weighted by Gasteiger charge is -2.01. The van der Waals surface area contributed by atoms with Crippen LogP contribution in [0.2, 0.25) is 10.0 Å². The van der Waals surface area contributed by atoms with Crippen LogP contribution in [0.4, 0.5) is 5.69 Å². The third kappa shape index (κ3) is 3.16. The lowest BCUT2D eigenvalue weighted by atomic mass is 10.2. The van der Waals surface area contributed by atoms with E-state index in [2.05, 4.69) is 10.2 Å². The zero-order valence-electron chi connectivity index (χ0n) is 13.2. The summed E-state index contributed by atoms with van der Waals surface area (Å²) in [7, 11) is 0. The molecule has 0 aliphatic heterocycles. The maximum atomic E-state index is 12.3. The van der Waals surface area contributed by atoms with Gasteiger partial charge in [0.05, 0.1) is 9.95 Å². The third-order valence-electron chi connectivity index (χ3n) is 3.73. The molecule has 4 rings (SSSR count). The first-order valence-electron chi connectivity index (χ1n) is 7.44. The van der Waals surface area contributed by atoms with Crippen LogP contribution in [0.15, 0.2) is 56.1 Å². The number of aromatic nitrogens is 2. The van der Waals surface area contributed by atoms with Gasteiger partial charge in [0, 0.05) is 28.1 Å². The Bertz CT molecular complexity index is 1250. The number of benzene rings is 2. The third-order valence-corrected chi connectivity index (χ3v) is 4.23. The largest absolute Gasteiger partial charge is 0.421 e. The minimum Gasteiger partial charge on any atom is -0.421 e. The fourth-order valence-corrected chi connectivity index (χ4v) is 3.03. The van der Waals surface area contributed by atoms with Crippen molar-refractivity contribution < 1.29 is 13.8 Å². The van der Waals surface area contributed by atoms with Crippen LogP contribution in [0.5, 0.6) is 0 Å². The summed E-state index contributed by atoms with van der Waals surface area (Å²) in [5, 5.41) is 19.5. The second kappa shape index (κ2) is 6.49. The Kier molecular flexibility index (Phi) is 4.14. The number of halogens is 2. The number of nitro benzene ring substituents is 1. The van der Waals surface area contributed by atoms with Gasteiger partial charge in [0.2, 0.25) is 5.89 Å². The van der Waals surface area contributed by atoms with Crippen molar-refractivity contribution in [2.24, 2.45) is 0 Å². The molecular weight excluding hydrogens is 397 g/mol. The molecule has 10 heteroatoms. The molecule has 0 fully saturated rings. The molecule has 0 saturated heterocycles. The second-order valence-corrected chi connectivity index (χ2v) is 6.31. The molecule has 0 saturated carbocycles. The van der Waals surface area contributed by atoms with Gasteiger partial charge in [-0.15, -0.1) is 10.2 Å². The van der Waals surface area contributed by atoms with Crippen LogP contribution in [-0.2, 0) is 0 Å². The van der Waals surface area contributed by atoms with Crippen molar-refractivity contribution in [1.82, 2.24) is 10.2 Å². The molecule has 4 aromatic rings. The van der Waals surface area contributed by atoms with Crippen molar-refractivity contribution in [3.8, 4) is 22.9 Å². The smallest absolute Gasteiger partial charge is 0.349 e. The van der Waals surface area contributed by atoms with E-state index in [-0.39, 0.29) is 33.6 Å². The average Bonchev–Trinajstić information content (AvgIpc) is 3.12. The molecule has 2 heterocycles. The minimum atomic E-state index is -0.703. The van der Waals surface area contributed by atoms with Gasteiger partial charge in [-0.05, 0) is 30.3 Å². The summed E-state index contributed by atoms with van der Waals surface area (Å²) in [6.45, 7) is 0. The van der Waals surface area contributed by atoms with Crippen LogP contribution in [0.3, 0.4) is 0 Å². The zero-order valence-corrected chi connectivity index (χ0v) is 14.7. The topological polar surface area (TPSA) is 112 Å². The summed E-state index contributed by atoms with van der Waals surface area (Å²) >= 11 is 12.0. The van der Waals surface area contributed by atoms with E-state index in [0.717, 1.165) is 0 Å². The minimum absolute atomic E-state index is 0.0431. The van der Waals surface area contributed by atoms with E-state index in [1.54, 1.807) is 6.07 Å². The van der Waals surface area contributed by atoms with E-state index in [4.69, 9.17) is 32.0 Å². The van der Waals surface area contributed by atoms with Crippen LogP contribution in [0, 0.1) is 10.1 Å². The van der Waals surface area contributed by atoms with Crippen LogP contribution in [0.25, 0.3) is 33.9 Å². The molecule has 0 radical (unpaired) electrons. The average molecular weight is 404 g/mol. The molecule has 134 valence electrons. The highest BCUT2D eigenvalue weighted by molar-refractivity contribution is 6.38. The highest BCUT2D eigenvalue weighted by atomic mass is 35.5. The Labute approximate surface area is 160 Å². The SMILES string of the molecule is O=c1oc2c(Cl)cc(Cl)cc2cc1-c1nnc(-c2ccc([N+](=O)[O-])cc2)o1. The first-order chi connectivity index (χ1) is 12.9. The highest BCUT2D eigenvalue weighted by Crippen LogP contribution is 2.30. The maximum Gasteiger partial charge on any atom is 0.349 e. The van der Waals surface area contributed by atoms with E-state index >= 15 is 0 Å². The maximum absolute atomic E-state index is 12.3. The van der Waals surface area contributed by atoms with Crippen molar-refractivity contribution in [3.63, 3.8) is 0 Å². The zero-order chi connectivity index (χ0) is 19.1. The van der Waals surface area contributed by atoms with Gasteiger partial charge in [0.25, 0.3) is 11.6 Å². The number of hydrogen-bond donors (Lipinski definition) is 0. The molecule has 2 aromatic carbocycles. The molecule has 0 N–H and O–H groups in total. The molecule has 0 aliphatic rings. The van der Waals surface area contributed by atoms with Crippen molar-refractivity contribution in [2.75, 3.05) is 0 Å². The van der Waals surface area contributed by atoms with Crippen molar-refractivity contribution in [2.45, 2.75) is 0 Å². The standard InChI is InChI=1S/C17H7Cl2N3O5/c18-10-5-9-6-12(17(23)26-14(9)13(19)7-10)16-21-20-15(27-16)8-1-3-11(4-2-8)22(24)25/h1-7H. The van der Waals surface area contributed by atoms with E-state index < -0.39 is 10.5 Å². The Morgan fingerprint density at radius 3 is 2.37 bits per heavy atom. The van der Waals surface area contributed by atoms with Gasteiger partial charge in [-0.25, -0.2) is 4.79 Å². The summed E-state index contributed by atoms with van der Waals surface area (Å²) in [4.78, 5) is 22.5. The number of fused-ring (bicyclic) bond motifs is 1. The number of non-ortho nitro benzene ring substituents is 1. The molecule has 0 unspecified atom stereocenters. The number of nitro groups is 1. The van der Waals surface area contributed by atoms with Crippen molar-refractivity contribution >= 4 is 39.9 Å². The molecule has 27 heavy (non-hydrogen) atoms. The summed E-state index contributed by atoms with van der Waals surface area (Å²) < 4.78 is 10.8. The highest BCUT2D eigenvalue weighted by Gasteiger charge is 2.17. The lowest BCUT2D eigenvalue weighted by Crippen LogP contribution is -2.03. The second-order valence-electron chi connectivity index (χ2n) is 5.47. The van der Waals surface area contributed by atoms with E-state index in [9.17, 15) is 14.9 Å². The van der Waals surface area contributed by atoms with E-state index in [0.29, 0.717) is 16.0 Å². The van der Waals surface area contributed by atoms with Crippen LogP contribution < -0.4 is 5.63 Å². The molecule has 2 aromatic heterocycles. The number of rotatable bonds is 3. The normalized spacial score (nSPS) is 11.0. The Morgan fingerprint density at radius 2 is 1.67 bits per heavy atom. The van der Waals surface area contributed by atoms with Gasteiger partial charge < -0.3 is 8.83 Å². The van der Waals surface area contributed by atoms with Crippen LogP contribution >= 0.6 is 23.2 Å². The summed E-state index contributed by atoms with van der Waals surface area (Å²) in [5.41, 5.74) is -0.0601. The lowest BCUT2D eigenvalue weighted by molar-refractivity contribution is -0.384. The monoisotopic (exact) mass is 403 g/mol. The molecule has 0 bridgehead atoms. The van der Waals surface area contributed by atoms with Gasteiger partial charge in [0.1, 0.15) is 5.56 Å². The number of nitrogens with zero attached hydrogens (tertiary/aromatic N) is 3. The fourth-order valence-electron chi connectivity index (χ4n) is 2.48. The first kappa shape index (κ1) is 17.2. The van der Waals surface area contributed by atoms with Gasteiger partial charge in [-0.2, -0.15) is 0 Å². The van der Waals surface area contributed by atoms with Crippen LogP contribution in [0.1, 0.15) is 0 Å². The van der Waals surface area contributed by atoms with E-state index in [1.165, 1.54) is 36.4 Å². The summed E-state index contributed by atoms with van der Waals surface area (Å²) in [6, 6.07) is 10.1. The quantitative estimate of drug-likeness (QED) is 0.276. The van der Waals surface area contributed by atoms with Gasteiger partial charge in [-0.3, -0.25) is 10.1 Å². The predicted molar refractivity (Wildman–Crippen MR) is 97.9 cm³/mol. The Morgan fingerprint density at radius 1 is 0.963 bits per heavy atom. The fraction of sp³-hybridized carbons (Fsp3) is 0. The summed E-state index contributed by atoms with van der Waals surface area (Å²) in [5.74, 6) is 0.0404. The molecule has 8 nitrogen and oxygen atoms in total. The van der Waals surface area contributed by atoms with Gasteiger partial charge >= 0.3 is 5.63 Å². The Balaban J connectivity index is 1.78.